The molecule has 0 atom stereocenters. The first-order valence-electron chi connectivity index (χ1n) is 9.12. The Hall–Kier alpha value is -1.53. The van der Waals surface area contributed by atoms with Crippen molar-refractivity contribution in [3.63, 3.8) is 0 Å². The van der Waals surface area contributed by atoms with Crippen LogP contribution in [-0.4, -0.2) is 26.4 Å². The summed E-state index contributed by atoms with van der Waals surface area (Å²) >= 11 is 7.69. The van der Waals surface area contributed by atoms with E-state index in [0.717, 1.165) is 48.0 Å². The van der Waals surface area contributed by atoms with Gasteiger partial charge in [-0.05, 0) is 36.3 Å². The largest absolute Gasteiger partial charge is 0.348 e. The molecule has 1 aliphatic carbocycles. The lowest BCUT2D eigenvalue weighted by atomic mass is 9.68. The van der Waals surface area contributed by atoms with Gasteiger partial charge < -0.3 is 9.88 Å². The maximum absolute atomic E-state index is 13.2. The predicted molar refractivity (Wildman–Crippen MR) is 105 cm³/mol. The Morgan fingerprint density at radius 1 is 1.23 bits per heavy atom. The van der Waals surface area contributed by atoms with Gasteiger partial charge in [-0.25, -0.2) is 0 Å². The molecule has 1 fully saturated rings. The zero-order valence-electron chi connectivity index (χ0n) is 15.3. The van der Waals surface area contributed by atoms with Gasteiger partial charge in [0.1, 0.15) is 0 Å². The SMILES string of the molecule is CCSc1nnc(CNC(=O)C2(c3ccc(Cl)cc3)CCCCC2)n1C. The number of carbonyl (C=O) groups excluding carboxylic acids is 1. The zero-order valence-corrected chi connectivity index (χ0v) is 16.9. The standard InChI is InChI=1S/C19H25ClN4OS/c1-3-26-18-23-22-16(24(18)2)13-21-17(25)19(11-5-4-6-12-19)14-7-9-15(20)10-8-14/h7-10H,3-6,11-13H2,1-2H3,(H,21,25). The Kier molecular flexibility index (Phi) is 6.24. The molecule has 0 bridgehead atoms. The molecule has 1 saturated carbocycles. The first-order chi connectivity index (χ1) is 12.6. The number of nitrogens with one attached hydrogen (secondary N) is 1. The molecule has 1 heterocycles. The number of amides is 1. The van der Waals surface area contributed by atoms with E-state index in [2.05, 4.69) is 22.4 Å². The van der Waals surface area contributed by atoms with Crippen LogP contribution in [0.4, 0.5) is 0 Å². The summed E-state index contributed by atoms with van der Waals surface area (Å²) in [6, 6.07) is 7.73. The summed E-state index contributed by atoms with van der Waals surface area (Å²) in [6.45, 7) is 2.47. The number of thioether (sulfide) groups is 1. The molecule has 1 aliphatic rings. The summed E-state index contributed by atoms with van der Waals surface area (Å²) in [5, 5.41) is 13.1. The Morgan fingerprint density at radius 2 is 1.92 bits per heavy atom. The molecule has 7 heteroatoms. The van der Waals surface area contributed by atoms with Crippen molar-refractivity contribution in [1.82, 2.24) is 20.1 Å². The van der Waals surface area contributed by atoms with Gasteiger partial charge >= 0.3 is 0 Å². The maximum Gasteiger partial charge on any atom is 0.231 e. The van der Waals surface area contributed by atoms with Crippen molar-refractivity contribution in [3.05, 3.63) is 40.7 Å². The van der Waals surface area contributed by atoms with E-state index in [4.69, 9.17) is 11.6 Å². The molecule has 26 heavy (non-hydrogen) atoms. The molecule has 0 aliphatic heterocycles. The van der Waals surface area contributed by atoms with E-state index in [1.165, 1.54) is 6.42 Å². The van der Waals surface area contributed by atoms with Crippen molar-refractivity contribution >= 4 is 29.3 Å². The van der Waals surface area contributed by atoms with E-state index in [-0.39, 0.29) is 5.91 Å². The van der Waals surface area contributed by atoms with E-state index < -0.39 is 5.41 Å². The molecule has 1 N–H and O–H groups in total. The molecule has 2 aromatic rings. The highest BCUT2D eigenvalue weighted by atomic mass is 35.5. The number of halogens is 1. The van der Waals surface area contributed by atoms with E-state index >= 15 is 0 Å². The fourth-order valence-electron chi connectivity index (χ4n) is 3.65. The second-order valence-electron chi connectivity index (χ2n) is 6.72. The summed E-state index contributed by atoms with van der Waals surface area (Å²) < 4.78 is 1.95. The van der Waals surface area contributed by atoms with Crippen molar-refractivity contribution in [2.45, 2.75) is 56.1 Å². The van der Waals surface area contributed by atoms with Gasteiger partial charge in [-0.1, -0.05) is 61.7 Å². The van der Waals surface area contributed by atoms with E-state index in [0.29, 0.717) is 11.6 Å². The molecule has 1 aromatic carbocycles. The Balaban J connectivity index is 1.77. The number of hydrogen-bond donors (Lipinski definition) is 1. The fourth-order valence-corrected chi connectivity index (χ4v) is 4.44. The van der Waals surface area contributed by atoms with Gasteiger partial charge in [0.15, 0.2) is 11.0 Å². The molecule has 0 saturated heterocycles. The van der Waals surface area contributed by atoms with Crippen LogP contribution in [0.5, 0.6) is 0 Å². The van der Waals surface area contributed by atoms with E-state index in [9.17, 15) is 4.79 Å². The van der Waals surface area contributed by atoms with Crippen LogP contribution >= 0.6 is 23.4 Å². The van der Waals surface area contributed by atoms with Gasteiger partial charge in [-0.15, -0.1) is 10.2 Å². The topological polar surface area (TPSA) is 59.8 Å². The second kappa shape index (κ2) is 8.44. The Labute approximate surface area is 163 Å². The number of aromatic nitrogens is 3. The summed E-state index contributed by atoms with van der Waals surface area (Å²) in [5.74, 6) is 1.79. The number of nitrogens with zero attached hydrogens (tertiary/aromatic N) is 3. The minimum Gasteiger partial charge on any atom is -0.348 e. The average molecular weight is 393 g/mol. The van der Waals surface area contributed by atoms with Crippen molar-refractivity contribution in [3.8, 4) is 0 Å². The van der Waals surface area contributed by atoms with E-state index in [1.807, 2.05) is 35.9 Å². The minimum atomic E-state index is -0.470. The molecule has 0 spiro atoms. The molecule has 1 aromatic heterocycles. The number of hydrogen-bond acceptors (Lipinski definition) is 4. The Bertz CT molecular complexity index is 753. The molecule has 3 rings (SSSR count). The summed E-state index contributed by atoms with van der Waals surface area (Å²) in [7, 11) is 1.94. The van der Waals surface area contributed by atoms with Crippen LogP contribution < -0.4 is 5.32 Å². The molecule has 1 amide bonds. The maximum atomic E-state index is 13.2. The Morgan fingerprint density at radius 3 is 2.58 bits per heavy atom. The van der Waals surface area contributed by atoms with Crippen LogP contribution in [0.2, 0.25) is 5.02 Å². The molecular formula is C19H25ClN4OS. The summed E-state index contributed by atoms with van der Waals surface area (Å²) in [5.41, 5.74) is 0.585. The van der Waals surface area contributed by atoms with Crippen LogP contribution in [0, 0.1) is 0 Å². The zero-order chi connectivity index (χ0) is 18.6. The lowest BCUT2D eigenvalue weighted by molar-refractivity contribution is -0.128. The monoisotopic (exact) mass is 392 g/mol. The highest BCUT2D eigenvalue weighted by Gasteiger charge is 2.41. The van der Waals surface area contributed by atoms with Crippen molar-refractivity contribution in [2.75, 3.05) is 5.75 Å². The average Bonchev–Trinajstić information content (AvgIpc) is 3.01. The fraction of sp³-hybridized carbons (Fsp3) is 0.526. The van der Waals surface area contributed by atoms with Crippen LogP contribution in [0.1, 0.15) is 50.4 Å². The first-order valence-corrected chi connectivity index (χ1v) is 10.5. The third-order valence-electron chi connectivity index (χ3n) is 5.14. The summed E-state index contributed by atoms with van der Waals surface area (Å²) in [4.78, 5) is 13.2. The lowest BCUT2D eigenvalue weighted by Gasteiger charge is -2.36. The number of benzene rings is 1. The van der Waals surface area contributed by atoms with Gasteiger partial charge in [0.2, 0.25) is 5.91 Å². The lowest BCUT2D eigenvalue weighted by Crippen LogP contribution is -2.45. The molecule has 140 valence electrons. The van der Waals surface area contributed by atoms with Crippen molar-refractivity contribution in [2.24, 2.45) is 7.05 Å². The summed E-state index contributed by atoms with van der Waals surface area (Å²) in [6.07, 6.45) is 5.06. The smallest absolute Gasteiger partial charge is 0.231 e. The van der Waals surface area contributed by atoms with Gasteiger partial charge in [0, 0.05) is 12.1 Å². The van der Waals surface area contributed by atoms with Crippen LogP contribution in [0.3, 0.4) is 0 Å². The quantitative estimate of drug-likeness (QED) is 0.752. The predicted octanol–water partition coefficient (Wildman–Crippen LogP) is 4.10. The molecule has 0 radical (unpaired) electrons. The van der Waals surface area contributed by atoms with Gasteiger partial charge in [0.05, 0.1) is 12.0 Å². The third kappa shape index (κ3) is 3.91. The molecule has 5 nitrogen and oxygen atoms in total. The van der Waals surface area contributed by atoms with Crippen LogP contribution in [0.15, 0.2) is 29.4 Å². The van der Waals surface area contributed by atoms with Crippen molar-refractivity contribution < 1.29 is 4.79 Å². The molecular weight excluding hydrogens is 368 g/mol. The normalized spacial score (nSPS) is 16.4. The number of carbonyl (C=O) groups is 1. The van der Waals surface area contributed by atoms with Gasteiger partial charge in [-0.3, -0.25) is 4.79 Å². The second-order valence-corrected chi connectivity index (χ2v) is 8.39. The highest BCUT2D eigenvalue weighted by Crippen LogP contribution is 2.40. The van der Waals surface area contributed by atoms with Gasteiger partial charge in [0.25, 0.3) is 0 Å². The van der Waals surface area contributed by atoms with Crippen molar-refractivity contribution in [1.29, 1.82) is 0 Å². The van der Waals surface area contributed by atoms with E-state index in [1.54, 1.807) is 11.8 Å². The van der Waals surface area contributed by atoms with Crippen LogP contribution in [0.25, 0.3) is 0 Å². The number of rotatable bonds is 6. The van der Waals surface area contributed by atoms with Gasteiger partial charge in [-0.2, -0.15) is 0 Å². The highest BCUT2D eigenvalue weighted by molar-refractivity contribution is 7.99. The van der Waals surface area contributed by atoms with Crippen LogP contribution in [-0.2, 0) is 23.8 Å². The first kappa shape index (κ1) is 19.2. The third-order valence-corrected chi connectivity index (χ3v) is 6.30. The minimum absolute atomic E-state index is 0.0761. The molecule has 0 unspecified atom stereocenters.